The molecule has 0 aliphatic carbocycles. The normalized spacial score (nSPS) is 24.1. The third-order valence-electron chi connectivity index (χ3n) is 2.56. The number of carbonyl (C=O) groups is 1. The Morgan fingerprint density at radius 3 is 2.76 bits per heavy atom. The molecular formula is C10H14N2O5. The number of hydrogen-bond acceptors (Lipinski definition) is 6. The number of β-amino-alcohol motifs (C(OH)–C–C–N with tert-alkyl or cyclic N) is 2. The standard InChI is InChI=1S/C10H14N2O5/c1-6-2-9(11-17-6)16-5-10(15)12-3-7(13)8(14)4-12/h2,7-8,13-14H,3-5H2,1H3/t7-,8+. The van der Waals surface area contributed by atoms with E-state index in [-0.39, 0.29) is 31.5 Å². The summed E-state index contributed by atoms with van der Waals surface area (Å²) in [6.45, 7) is 1.78. The Labute approximate surface area is 97.6 Å². The lowest BCUT2D eigenvalue weighted by Gasteiger charge is -2.14. The van der Waals surface area contributed by atoms with Gasteiger partial charge in [0.2, 0.25) is 0 Å². The third kappa shape index (κ3) is 2.75. The maximum absolute atomic E-state index is 11.6. The molecule has 2 rings (SSSR count). The Balaban J connectivity index is 1.82. The average molecular weight is 242 g/mol. The van der Waals surface area contributed by atoms with E-state index < -0.39 is 12.2 Å². The second kappa shape index (κ2) is 4.72. The van der Waals surface area contributed by atoms with Crippen molar-refractivity contribution in [2.45, 2.75) is 19.1 Å². The lowest BCUT2D eigenvalue weighted by molar-refractivity contribution is -0.132. The lowest BCUT2D eigenvalue weighted by Crippen LogP contribution is -2.34. The van der Waals surface area contributed by atoms with E-state index in [4.69, 9.17) is 9.26 Å². The van der Waals surface area contributed by atoms with Crippen LogP contribution in [0.5, 0.6) is 5.88 Å². The van der Waals surface area contributed by atoms with Gasteiger partial charge in [-0.05, 0) is 12.1 Å². The summed E-state index contributed by atoms with van der Waals surface area (Å²) < 4.78 is 9.89. The van der Waals surface area contributed by atoms with E-state index in [0.29, 0.717) is 5.76 Å². The summed E-state index contributed by atoms with van der Waals surface area (Å²) in [4.78, 5) is 13.0. The van der Waals surface area contributed by atoms with Crippen molar-refractivity contribution >= 4 is 5.91 Å². The molecule has 2 N–H and O–H groups in total. The minimum atomic E-state index is -0.881. The topological polar surface area (TPSA) is 96.0 Å². The molecule has 1 aromatic heterocycles. The van der Waals surface area contributed by atoms with Crippen LogP contribution >= 0.6 is 0 Å². The van der Waals surface area contributed by atoms with E-state index in [0.717, 1.165) is 0 Å². The van der Waals surface area contributed by atoms with Crippen molar-refractivity contribution in [1.82, 2.24) is 10.1 Å². The Kier molecular flexibility index (Phi) is 3.30. The lowest BCUT2D eigenvalue weighted by atomic mass is 10.3. The maximum Gasteiger partial charge on any atom is 0.260 e. The smallest absolute Gasteiger partial charge is 0.260 e. The van der Waals surface area contributed by atoms with Gasteiger partial charge in [0.15, 0.2) is 6.61 Å². The Hall–Kier alpha value is -1.60. The molecule has 2 atom stereocenters. The number of rotatable bonds is 3. The first kappa shape index (κ1) is 11.9. The molecule has 0 aromatic carbocycles. The largest absolute Gasteiger partial charge is 0.465 e. The molecule has 94 valence electrons. The van der Waals surface area contributed by atoms with Gasteiger partial charge in [-0.2, -0.15) is 0 Å². The number of aliphatic hydroxyl groups excluding tert-OH is 2. The van der Waals surface area contributed by atoms with Crippen LogP contribution in [0, 0.1) is 6.92 Å². The molecule has 0 spiro atoms. The highest BCUT2D eigenvalue weighted by Gasteiger charge is 2.32. The fourth-order valence-corrected chi connectivity index (χ4v) is 1.61. The molecule has 7 heteroatoms. The second-order valence-corrected chi connectivity index (χ2v) is 4.00. The van der Waals surface area contributed by atoms with Gasteiger partial charge in [0.25, 0.3) is 11.8 Å². The van der Waals surface area contributed by atoms with Gasteiger partial charge in [-0.1, -0.05) is 0 Å². The number of hydrogen-bond donors (Lipinski definition) is 2. The summed E-state index contributed by atoms with van der Waals surface area (Å²) >= 11 is 0. The summed E-state index contributed by atoms with van der Waals surface area (Å²) in [6, 6.07) is 1.57. The number of likely N-dealkylation sites (tertiary alicyclic amines) is 1. The van der Waals surface area contributed by atoms with Crippen LogP contribution in [0.1, 0.15) is 5.76 Å². The first-order valence-electron chi connectivity index (χ1n) is 5.26. The van der Waals surface area contributed by atoms with Gasteiger partial charge >= 0.3 is 0 Å². The van der Waals surface area contributed by atoms with Crippen LogP contribution < -0.4 is 4.74 Å². The number of aromatic nitrogens is 1. The zero-order valence-electron chi connectivity index (χ0n) is 9.37. The Bertz CT molecular complexity index is 395. The van der Waals surface area contributed by atoms with Crippen molar-refractivity contribution in [1.29, 1.82) is 0 Å². The summed E-state index contributed by atoms with van der Waals surface area (Å²) in [5.74, 6) is 0.539. The number of carbonyl (C=O) groups excluding carboxylic acids is 1. The predicted octanol–water partition coefficient (Wildman–Crippen LogP) is -1.07. The van der Waals surface area contributed by atoms with E-state index >= 15 is 0 Å². The number of aliphatic hydroxyl groups is 2. The maximum atomic E-state index is 11.6. The first-order valence-corrected chi connectivity index (χ1v) is 5.26. The molecule has 1 amide bonds. The molecule has 0 unspecified atom stereocenters. The Morgan fingerprint density at radius 1 is 1.59 bits per heavy atom. The van der Waals surface area contributed by atoms with Crippen molar-refractivity contribution in [3.63, 3.8) is 0 Å². The fourth-order valence-electron chi connectivity index (χ4n) is 1.61. The van der Waals surface area contributed by atoms with Crippen LogP contribution in [0.3, 0.4) is 0 Å². The number of amides is 1. The van der Waals surface area contributed by atoms with Crippen LogP contribution in [-0.2, 0) is 4.79 Å². The first-order chi connectivity index (χ1) is 8.06. The second-order valence-electron chi connectivity index (χ2n) is 4.00. The van der Waals surface area contributed by atoms with Crippen molar-refractivity contribution < 1.29 is 24.3 Å². The van der Waals surface area contributed by atoms with Gasteiger partial charge in [-0.15, -0.1) is 0 Å². The van der Waals surface area contributed by atoms with Crippen LogP contribution in [-0.4, -0.2) is 58.1 Å². The minimum absolute atomic E-state index is 0.126. The Morgan fingerprint density at radius 2 is 2.24 bits per heavy atom. The van der Waals surface area contributed by atoms with E-state index in [1.165, 1.54) is 4.90 Å². The van der Waals surface area contributed by atoms with Crippen LogP contribution in [0.15, 0.2) is 10.6 Å². The van der Waals surface area contributed by atoms with E-state index in [9.17, 15) is 15.0 Å². The highest BCUT2D eigenvalue weighted by Crippen LogP contribution is 2.12. The van der Waals surface area contributed by atoms with E-state index in [1.54, 1.807) is 13.0 Å². The van der Waals surface area contributed by atoms with Crippen molar-refractivity contribution in [3.8, 4) is 5.88 Å². The molecule has 1 saturated heterocycles. The molecule has 1 aliphatic rings. The molecule has 0 saturated carbocycles. The average Bonchev–Trinajstić information content (AvgIpc) is 2.83. The minimum Gasteiger partial charge on any atom is -0.465 e. The SMILES string of the molecule is Cc1cc(OCC(=O)N2C[C@@H](O)[C@@H](O)C2)no1. The summed E-state index contributed by atoms with van der Waals surface area (Å²) in [7, 11) is 0. The molecule has 1 aliphatic heterocycles. The summed E-state index contributed by atoms with van der Waals surface area (Å²) in [6.07, 6.45) is -1.76. The van der Waals surface area contributed by atoms with E-state index in [1.807, 2.05) is 0 Å². The predicted molar refractivity (Wildman–Crippen MR) is 55.3 cm³/mol. The van der Waals surface area contributed by atoms with Crippen LogP contribution in [0.2, 0.25) is 0 Å². The summed E-state index contributed by atoms with van der Waals surface area (Å²) in [5, 5.41) is 22.2. The third-order valence-corrected chi connectivity index (χ3v) is 2.56. The zero-order valence-corrected chi connectivity index (χ0v) is 9.37. The zero-order chi connectivity index (χ0) is 12.4. The van der Waals surface area contributed by atoms with Gasteiger partial charge in [-0.25, -0.2) is 0 Å². The molecule has 7 nitrogen and oxygen atoms in total. The highest BCUT2D eigenvalue weighted by atomic mass is 16.5. The van der Waals surface area contributed by atoms with Crippen molar-refractivity contribution in [3.05, 3.63) is 11.8 Å². The number of nitrogens with zero attached hydrogens (tertiary/aromatic N) is 2. The number of aryl methyl sites for hydroxylation is 1. The highest BCUT2D eigenvalue weighted by molar-refractivity contribution is 5.78. The monoisotopic (exact) mass is 242 g/mol. The fraction of sp³-hybridized carbons (Fsp3) is 0.600. The molecule has 0 bridgehead atoms. The van der Waals surface area contributed by atoms with Crippen molar-refractivity contribution in [2.24, 2.45) is 0 Å². The molecule has 17 heavy (non-hydrogen) atoms. The summed E-state index contributed by atoms with van der Waals surface area (Å²) in [5.41, 5.74) is 0. The molecule has 1 fully saturated rings. The molecule has 0 radical (unpaired) electrons. The quantitative estimate of drug-likeness (QED) is 0.700. The van der Waals surface area contributed by atoms with Crippen LogP contribution in [0.25, 0.3) is 0 Å². The van der Waals surface area contributed by atoms with Gasteiger partial charge in [0.05, 0.1) is 12.2 Å². The van der Waals surface area contributed by atoms with Crippen molar-refractivity contribution in [2.75, 3.05) is 19.7 Å². The van der Waals surface area contributed by atoms with Gasteiger partial charge in [-0.3, -0.25) is 4.79 Å². The van der Waals surface area contributed by atoms with E-state index in [2.05, 4.69) is 5.16 Å². The van der Waals surface area contributed by atoms with Gasteiger partial charge in [0, 0.05) is 19.2 Å². The molecular weight excluding hydrogens is 228 g/mol. The number of ether oxygens (including phenoxy) is 1. The van der Waals surface area contributed by atoms with Gasteiger partial charge < -0.3 is 24.4 Å². The van der Waals surface area contributed by atoms with Gasteiger partial charge in [0.1, 0.15) is 5.76 Å². The molecule has 2 heterocycles. The molecule has 1 aromatic rings. The van der Waals surface area contributed by atoms with Crippen LogP contribution in [0.4, 0.5) is 0 Å².